The predicted molar refractivity (Wildman–Crippen MR) is 62.2 cm³/mol. The molecule has 0 radical (unpaired) electrons. The number of rotatable bonds is 1. The van der Waals surface area contributed by atoms with Crippen LogP contribution in [0.5, 0.6) is 5.75 Å². The first-order chi connectivity index (χ1) is 7.04. The number of benzene rings is 1. The van der Waals surface area contributed by atoms with Crippen LogP contribution in [0.15, 0.2) is 12.1 Å². The molecular formula is C13H19NO. The number of phenols is 1. The first-order valence-corrected chi connectivity index (χ1v) is 5.59. The van der Waals surface area contributed by atoms with Crippen molar-refractivity contribution < 1.29 is 5.11 Å². The summed E-state index contributed by atoms with van der Waals surface area (Å²) < 4.78 is 0. The van der Waals surface area contributed by atoms with Crippen molar-refractivity contribution in [3.8, 4) is 5.75 Å². The number of aromatic hydroxyl groups is 1. The van der Waals surface area contributed by atoms with Crippen LogP contribution in [0.4, 0.5) is 0 Å². The van der Waals surface area contributed by atoms with Crippen molar-refractivity contribution >= 4 is 0 Å². The molecule has 1 aliphatic heterocycles. The monoisotopic (exact) mass is 205 g/mol. The molecule has 2 N–H and O–H groups in total. The van der Waals surface area contributed by atoms with E-state index < -0.39 is 0 Å². The largest absolute Gasteiger partial charge is 0.508 e. The van der Waals surface area contributed by atoms with Crippen LogP contribution < -0.4 is 5.32 Å². The minimum absolute atomic E-state index is 0.0997. The van der Waals surface area contributed by atoms with E-state index in [0.29, 0.717) is 5.75 Å². The van der Waals surface area contributed by atoms with Crippen LogP contribution in [0.2, 0.25) is 0 Å². The van der Waals surface area contributed by atoms with Crippen molar-refractivity contribution in [3.05, 3.63) is 28.8 Å². The lowest BCUT2D eigenvalue weighted by atomic mass is 9.85. The van der Waals surface area contributed by atoms with Crippen molar-refractivity contribution in [2.24, 2.45) is 0 Å². The van der Waals surface area contributed by atoms with E-state index in [9.17, 15) is 5.11 Å². The second kappa shape index (κ2) is 3.53. The third-order valence-corrected chi connectivity index (χ3v) is 3.72. The van der Waals surface area contributed by atoms with E-state index in [-0.39, 0.29) is 5.54 Å². The van der Waals surface area contributed by atoms with Crippen molar-refractivity contribution in [2.45, 2.75) is 39.2 Å². The van der Waals surface area contributed by atoms with Crippen LogP contribution >= 0.6 is 0 Å². The molecule has 1 aliphatic rings. The van der Waals surface area contributed by atoms with E-state index in [1.54, 1.807) is 0 Å². The van der Waals surface area contributed by atoms with E-state index in [1.807, 2.05) is 13.0 Å². The maximum absolute atomic E-state index is 9.63. The van der Waals surface area contributed by atoms with Gasteiger partial charge in [0.2, 0.25) is 0 Å². The molecule has 2 rings (SSSR count). The zero-order valence-corrected chi connectivity index (χ0v) is 9.72. The Bertz CT molecular complexity index is 378. The Labute approximate surface area is 91.3 Å². The molecule has 15 heavy (non-hydrogen) atoms. The van der Waals surface area contributed by atoms with Crippen LogP contribution in [0, 0.1) is 13.8 Å². The van der Waals surface area contributed by atoms with Gasteiger partial charge in [0.25, 0.3) is 0 Å². The molecule has 0 bridgehead atoms. The summed E-state index contributed by atoms with van der Waals surface area (Å²) in [5, 5.41) is 13.2. The molecule has 1 heterocycles. The van der Waals surface area contributed by atoms with Crippen LogP contribution in [-0.2, 0) is 5.54 Å². The minimum Gasteiger partial charge on any atom is -0.508 e. The van der Waals surface area contributed by atoms with Crippen molar-refractivity contribution in [2.75, 3.05) is 6.54 Å². The quantitative estimate of drug-likeness (QED) is 0.738. The van der Waals surface area contributed by atoms with Crippen molar-refractivity contribution in [1.29, 1.82) is 0 Å². The SMILES string of the molecule is Cc1c(O)ccc(C2(C)CCCN2)c1C. The second-order valence-corrected chi connectivity index (χ2v) is 4.74. The molecule has 0 aliphatic carbocycles. The standard InChI is InChI=1S/C13H19NO/c1-9-10(2)12(15)6-5-11(9)13(3)7-4-8-14-13/h5-6,14-15H,4,7-8H2,1-3H3. The molecule has 1 saturated heterocycles. The minimum atomic E-state index is 0.0997. The van der Waals surface area contributed by atoms with Gasteiger partial charge in [-0.2, -0.15) is 0 Å². The highest BCUT2D eigenvalue weighted by Crippen LogP contribution is 2.35. The van der Waals surface area contributed by atoms with E-state index >= 15 is 0 Å². The maximum Gasteiger partial charge on any atom is 0.118 e. The molecule has 0 aromatic heterocycles. The van der Waals surface area contributed by atoms with Gasteiger partial charge in [-0.15, -0.1) is 0 Å². The van der Waals surface area contributed by atoms with E-state index in [4.69, 9.17) is 0 Å². The highest BCUT2D eigenvalue weighted by atomic mass is 16.3. The zero-order valence-electron chi connectivity index (χ0n) is 9.72. The van der Waals surface area contributed by atoms with Crippen LogP contribution in [0.1, 0.15) is 36.5 Å². The summed E-state index contributed by atoms with van der Waals surface area (Å²) in [6.07, 6.45) is 2.41. The molecule has 0 amide bonds. The summed E-state index contributed by atoms with van der Waals surface area (Å²) in [7, 11) is 0. The summed E-state index contributed by atoms with van der Waals surface area (Å²) in [6, 6.07) is 3.86. The Morgan fingerprint density at radius 2 is 2.00 bits per heavy atom. The van der Waals surface area contributed by atoms with Gasteiger partial charge in [0.15, 0.2) is 0 Å². The smallest absolute Gasteiger partial charge is 0.118 e. The molecule has 1 unspecified atom stereocenters. The van der Waals surface area contributed by atoms with Gasteiger partial charge in [0, 0.05) is 5.54 Å². The number of nitrogens with one attached hydrogen (secondary N) is 1. The van der Waals surface area contributed by atoms with Crippen LogP contribution in [0.25, 0.3) is 0 Å². The number of hydrogen-bond acceptors (Lipinski definition) is 2. The molecule has 2 nitrogen and oxygen atoms in total. The van der Waals surface area contributed by atoms with Crippen LogP contribution in [0.3, 0.4) is 0 Å². The van der Waals surface area contributed by atoms with Gasteiger partial charge in [-0.05, 0) is 62.9 Å². The summed E-state index contributed by atoms with van der Waals surface area (Å²) in [4.78, 5) is 0. The molecule has 1 aromatic rings. The Balaban J connectivity index is 2.49. The lowest BCUT2D eigenvalue weighted by Crippen LogP contribution is -2.34. The van der Waals surface area contributed by atoms with Crippen molar-refractivity contribution in [3.63, 3.8) is 0 Å². The predicted octanol–water partition coefficient (Wildman–Crippen LogP) is 2.61. The van der Waals surface area contributed by atoms with Gasteiger partial charge in [0.1, 0.15) is 5.75 Å². The third kappa shape index (κ3) is 1.63. The first-order valence-electron chi connectivity index (χ1n) is 5.59. The third-order valence-electron chi connectivity index (χ3n) is 3.72. The fourth-order valence-corrected chi connectivity index (χ4v) is 2.53. The average molecular weight is 205 g/mol. The Hall–Kier alpha value is -1.02. The summed E-state index contributed by atoms with van der Waals surface area (Å²) >= 11 is 0. The fraction of sp³-hybridized carbons (Fsp3) is 0.538. The molecule has 1 aromatic carbocycles. The topological polar surface area (TPSA) is 32.3 Å². The lowest BCUT2D eigenvalue weighted by Gasteiger charge is -2.28. The molecule has 2 heteroatoms. The highest BCUT2D eigenvalue weighted by molar-refractivity contribution is 5.45. The molecule has 1 fully saturated rings. The van der Waals surface area contributed by atoms with Gasteiger partial charge in [-0.25, -0.2) is 0 Å². The molecule has 0 saturated carbocycles. The van der Waals surface area contributed by atoms with Gasteiger partial charge in [-0.1, -0.05) is 6.07 Å². The van der Waals surface area contributed by atoms with Gasteiger partial charge < -0.3 is 10.4 Å². The first kappa shape index (κ1) is 10.5. The number of phenolic OH excluding ortho intramolecular Hbond substituents is 1. The van der Waals surface area contributed by atoms with Gasteiger partial charge in [-0.3, -0.25) is 0 Å². The normalized spacial score (nSPS) is 25.8. The highest BCUT2D eigenvalue weighted by Gasteiger charge is 2.31. The number of hydrogen-bond donors (Lipinski definition) is 2. The van der Waals surface area contributed by atoms with Gasteiger partial charge >= 0.3 is 0 Å². The lowest BCUT2D eigenvalue weighted by molar-refractivity contribution is 0.428. The zero-order chi connectivity index (χ0) is 11.1. The Morgan fingerprint density at radius 3 is 2.60 bits per heavy atom. The van der Waals surface area contributed by atoms with E-state index in [0.717, 1.165) is 12.1 Å². The Kier molecular flexibility index (Phi) is 2.47. The maximum atomic E-state index is 9.63. The molecule has 82 valence electrons. The Morgan fingerprint density at radius 1 is 1.27 bits per heavy atom. The summed E-state index contributed by atoms with van der Waals surface area (Å²) in [5.74, 6) is 0.401. The molecule has 1 atom stereocenters. The molecule has 0 spiro atoms. The summed E-state index contributed by atoms with van der Waals surface area (Å²) in [6.45, 7) is 7.41. The van der Waals surface area contributed by atoms with E-state index in [1.165, 1.54) is 24.0 Å². The van der Waals surface area contributed by atoms with Crippen LogP contribution in [-0.4, -0.2) is 11.7 Å². The second-order valence-electron chi connectivity index (χ2n) is 4.74. The summed E-state index contributed by atoms with van der Waals surface area (Å²) in [5.41, 5.74) is 3.65. The van der Waals surface area contributed by atoms with Gasteiger partial charge in [0.05, 0.1) is 0 Å². The fourth-order valence-electron chi connectivity index (χ4n) is 2.53. The average Bonchev–Trinajstić information content (AvgIpc) is 2.62. The van der Waals surface area contributed by atoms with Crippen molar-refractivity contribution in [1.82, 2.24) is 5.32 Å². The molecular weight excluding hydrogens is 186 g/mol. The van der Waals surface area contributed by atoms with E-state index in [2.05, 4.69) is 25.2 Å².